The average Bonchev–Trinajstić information content (AvgIpc) is 2.29. The van der Waals surface area contributed by atoms with Crippen LogP contribution in [0.5, 0.6) is 0 Å². The third-order valence-electron chi connectivity index (χ3n) is 4.10. The summed E-state index contributed by atoms with van der Waals surface area (Å²) >= 11 is 0. The van der Waals surface area contributed by atoms with Crippen LogP contribution >= 0.6 is 12.4 Å². The van der Waals surface area contributed by atoms with Crippen molar-refractivity contribution in [3.63, 3.8) is 0 Å². The fraction of sp³-hybridized carbons (Fsp3) is 0.929. The van der Waals surface area contributed by atoms with Crippen LogP contribution in [0.15, 0.2) is 0 Å². The van der Waals surface area contributed by atoms with Crippen molar-refractivity contribution in [1.82, 2.24) is 5.32 Å². The molecule has 3 N–H and O–H groups in total. The van der Waals surface area contributed by atoms with Crippen molar-refractivity contribution < 1.29 is 4.79 Å². The SMILES string of the molecule is CCC(CC)(CC)CNC(=O)[C@@H](N)C(C)(C)C.Cl. The van der Waals surface area contributed by atoms with Crippen LogP contribution in [-0.2, 0) is 4.79 Å². The van der Waals surface area contributed by atoms with E-state index in [1.54, 1.807) is 0 Å². The number of hydrogen-bond donors (Lipinski definition) is 2. The van der Waals surface area contributed by atoms with Crippen LogP contribution < -0.4 is 11.1 Å². The van der Waals surface area contributed by atoms with Crippen LogP contribution in [0.3, 0.4) is 0 Å². The second kappa shape index (κ2) is 8.00. The van der Waals surface area contributed by atoms with Gasteiger partial charge in [-0.3, -0.25) is 4.79 Å². The number of carbonyl (C=O) groups excluding carboxylic acids is 1. The van der Waals surface area contributed by atoms with Gasteiger partial charge in [0.2, 0.25) is 5.91 Å². The van der Waals surface area contributed by atoms with Gasteiger partial charge in [-0.05, 0) is 30.1 Å². The molecule has 0 aromatic rings. The molecule has 0 rings (SSSR count). The summed E-state index contributed by atoms with van der Waals surface area (Å²) in [5.41, 5.74) is 5.98. The molecule has 0 aliphatic carbocycles. The average molecular weight is 279 g/mol. The molecular formula is C14H31ClN2O. The second-order valence-corrected chi connectivity index (χ2v) is 6.12. The lowest BCUT2D eigenvalue weighted by Gasteiger charge is -2.32. The summed E-state index contributed by atoms with van der Waals surface area (Å²) < 4.78 is 0. The lowest BCUT2D eigenvalue weighted by molar-refractivity contribution is -0.125. The lowest BCUT2D eigenvalue weighted by Crippen LogP contribution is -2.50. The third-order valence-corrected chi connectivity index (χ3v) is 4.10. The van der Waals surface area contributed by atoms with Gasteiger partial charge in [0.05, 0.1) is 6.04 Å². The molecule has 0 bridgehead atoms. The van der Waals surface area contributed by atoms with Gasteiger partial charge in [-0.2, -0.15) is 0 Å². The molecule has 0 saturated heterocycles. The van der Waals surface area contributed by atoms with E-state index in [1.165, 1.54) is 0 Å². The molecule has 0 saturated carbocycles. The summed E-state index contributed by atoms with van der Waals surface area (Å²) in [4.78, 5) is 11.9. The minimum atomic E-state index is -0.439. The largest absolute Gasteiger partial charge is 0.354 e. The number of rotatable bonds is 6. The maximum absolute atomic E-state index is 11.9. The molecule has 0 unspecified atom stereocenters. The van der Waals surface area contributed by atoms with Crippen molar-refractivity contribution in [2.45, 2.75) is 66.8 Å². The van der Waals surface area contributed by atoms with E-state index in [2.05, 4.69) is 26.1 Å². The molecule has 0 aliphatic heterocycles. The maximum Gasteiger partial charge on any atom is 0.237 e. The van der Waals surface area contributed by atoms with Crippen molar-refractivity contribution in [3.8, 4) is 0 Å². The van der Waals surface area contributed by atoms with Crippen LogP contribution in [-0.4, -0.2) is 18.5 Å². The first-order valence-electron chi connectivity index (χ1n) is 6.75. The summed E-state index contributed by atoms with van der Waals surface area (Å²) in [6.45, 7) is 13.3. The van der Waals surface area contributed by atoms with Gasteiger partial charge >= 0.3 is 0 Å². The molecule has 3 nitrogen and oxygen atoms in total. The van der Waals surface area contributed by atoms with Gasteiger partial charge in [-0.1, -0.05) is 41.5 Å². The summed E-state index contributed by atoms with van der Waals surface area (Å²) in [6, 6.07) is -0.439. The number of nitrogens with one attached hydrogen (secondary N) is 1. The van der Waals surface area contributed by atoms with Gasteiger partial charge in [-0.15, -0.1) is 12.4 Å². The zero-order chi connectivity index (χ0) is 13.7. The number of nitrogens with two attached hydrogens (primary N) is 1. The first-order chi connectivity index (χ1) is 7.72. The Morgan fingerprint density at radius 3 is 1.78 bits per heavy atom. The first kappa shape index (κ1) is 20.0. The lowest BCUT2D eigenvalue weighted by atomic mass is 9.79. The molecule has 110 valence electrons. The monoisotopic (exact) mass is 278 g/mol. The molecule has 1 amide bonds. The number of amides is 1. The highest BCUT2D eigenvalue weighted by Crippen LogP contribution is 2.29. The predicted octanol–water partition coefficient (Wildman–Crippen LogP) is 3.11. The van der Waals surface area contributed by atoms with E-state index >= 15 is 0 Å². The molecule has 4 heteroatoms. The van der Waals surface area contributed by atoms with Crippen LogP contribution in [0.2, 0.25) is 0 Å². The molecule has 0 aromatic heterocycles. The normalized spacial score (nSPS) is 13.7. The van der Waals surface area contributed by atoms with E-state index < -0.39 is 6.04 Å². The first-order valence-corrected chi connectivity index (χ1v) is 6.75. The van der Waals surface area contributed by atoms with Crippen molar-refractivity contribution in [1.29, 1.82) is 0 Å². The molecule has 0 aliphatic rings. The molecule has 0 heterocycles. The Balaban J connectivity index is 0. The second-order valence-electron chi connectivity index (χ2n) is 6.12. The quantitative estimate of drug-likeness (QED) is 0.784. The van der Waals surface area contributed by atoms with Gasteiger partial charge in [0.1, 0.15) is 0 Å². The fourth-order valence-electron chi connectivity index (χ4n) is 1.90. The van der Waals surface area contributed by atoms with E-state index in [0.29, 0.717) is 0 Å². The summed E-state index contributed by atoms with van der Waals surface area (Å²) in [7, 11) is 0. The summed E-state index contributed by atoms with van der Waals surface area (Å²) in [6.07, 6.45) is 3.26. The molecule has 18 heavy (non-hydrogen) atoms. The minimum absolute atomic E-state index is 0. The Morgan fingerprint density at radius 1 is 1.11 bits per heavy atom. The maximum atomic E-state index is 11.9. The Labute approximate surface area is 119 Å². The molecule has 0 aromatic carbocycles. The Morgan fingerprint density at radius 2 is 1.50 bits per heavy atom. The highest BCUT2D eigenvalue weighted by Gasteiger charge is 2.30. The Hall–Kier alpha value is -0.280. The number of carbonyl (C=O) groups is 1. The Kier molecular flexibility index (Phi) is 8.91. The Bertz CT molecular complexity index is 236. The van der Waals surface area contributed by atoms with E-state index in [9.17, 15) is 4.79 Å². The molecule has 0 fully saturated rings. The van der Waals surface area contributed by atoms with Crippen LogP contribution in [0.25, 0.3) is 0 Å². The number of halogens is 1. The molecule has 0 spiro atoms. The van der Waals surface area contributed by atoms with Crippen LogP contribution in [0.1, 0.15) is 60.8 Å². The highest BCUT2D eigenvalue weighted by molar-refractivity contribution is 5.85. The van der Waals surface area contributed by atoms with Crippen molar-refractivity contribution in [2.24, 2.45) is 16.6 Å². The topological polar surface area (TPSA) is 55.1 Å². The van der Waals surface area contributed by atoms with E-state index in [0.717, 1.165) is 25.8 Å². The van der Waals surface area contributed by atoms with Gasteiger partial charge in [0.15, 0.2) is 0 Å². The minimum Gasteiger partial charge on any atom is -0.354 e. The van der Waals surface area contributed by atoms with Crippen molar-refractivity contribution in [2.75, 3.05) is 6.54 Å². The standard InChI is InChI=1S/C14H30N2O.ClH/c1-7-14(8-2,9-3)10-16-12(17)11(15)13(4,5)6;/h11H,7-10,15H2,1-6H3,(H,16,17);1H/t11-;/m1./s1. The van der Waals surface area contributed by atoms with Gasteiger partial charge in [-0.25, -0.2) is 0 Å². The zero-order valence-corrected chi connectivity index (χ0v) is 13.6. The van der Waals surface area contributed by atoms with E-state index in [1.807, 2.05) is 20.8 Å². The molecule has 0 radical (unpaired) electrons. The van der Waals surface area contributed by atoms with Crippen molar-refractivity contribution >= 4 is 18.3 Å². The van der Waals surface area contributed by atoms with Crippen molar-refractivity contribution in [3.05, 3.63) is 0 Å². The fourth-order valence-corrected chi connectivity index (χ4v) is 1.90. The van der Waals surface area contributed by atoms with Gasteiger partial charge in [0.25, 0.3) is 0 Å². The van der Waals surface area contributed by atoms with E-state index in [4.69, 9.17) is 5.73 Å². The van der Waals surface area contributed by atoms with Crippen LogP contribution in [0.4, 0.5) is 0 Å². The molecular weight excluding hydrogens is 248 g/mol. The zero-order valence-electron chi connectivity index (χ0n) is 12.8. The third kappa shape index (κ3) is 5.57. The van der Waals surface area contributed by atoms with Gasteiger partial charge < -0.3 is 11.1 Å². The summed E-state index contributed by atoms with van der Waals surface area (Å²) in [5, 5.41) is 3.02. The van der Waals surface area contributed by atoms with Crippen LogP contribution in [0, 0.1) is 10.8 Å². The predicted molar refractivity (Wildman–Crippen MR) is 81.0 cm³/mol. The highest BCUT2D eigenvalue weighted by atomic mass is 35.5. The summed E-state index contributed by atoms with van der Waals surface area (Å²) in [5.74, 6) is -0.0303. The smallest absolute Gasteiger partial charge is 0.237 e. The van der Waals surface area contributed by atoms with Gasteiger partial charge in [0, 0.05) is 6.54 Å². The van der Waals surface area contributed by atoms with E-state index in [-0.39, 0.29) is 29.1 Å². The molecule has 1 atom stereocenters. The number of hydrogen-bond acceptors (Lipinski definition) is 2.